The molecule has 1 aliphatic heterocycles. The van der Waals surface area contributed by atoms with Crippen molar-refractivity contribution in [1.29, 1.82) is 0 Å². The lowest BCUT2D eigenvalue weighted by atomic mass is 10.0. The number of rotatable bonds is 6. The Morgan fingerprint density at radius 1 is 0.909 bits per heavy atom. The van der Waals surface area contributed by atoms with Gasteiger partial charge in [0.1, 0.15) is 5.75 Å². The number of carbonyl (C=O) groups is 3. The molecular weight excluding hydrogens is 446 g/mol. The van der Waals surface area contributed by atoms with Gasteiger partial charge < -0.3 is 14.8 Å². The molecule has 9 heteroatoms. The lowest BCUT2D eigenvalue weighted by Gasteiger charge is -2.19. The van der Waals surface area contributed by atoms with E-state index in [-0.39, 0.29) is 33.0 Å². The molecule has 0 atom stereocenters. The number of fused-ring (bicyclic) bond motifs is 2. The van der Waals surface area contributed by atoms with Crippen LogP contribution in [0.2, 0.25) is 0 Å². The predicted octanol–water partition coefficient (Wildman–Crippen LogP) is 2.55. The molecule has 0 aromatic heterocycles. The molecule has 3 aromatic carbocycles. The monoisotopic (exact) mass is 465 g/mol. The van der Waals surface area contributed by atoms with Gasteiger partial charge in [0.15, 0.2) is 12.4 Å². The van der Waals surface area contributed by atoms with Crippen LogP contribution in [0.4, 0.5) is 0 Å². The van der Waals surface area contributed by atoms with Crippen LogP contribution in [0, 0.1) is 0 Å². The van der Waals surface area contributed by atoms with E-state index in [2.05, 4.69) is 5.32 Å². The van der Waals surface area contributed by atoms with Crippen molar-refractivity contribution in [2.24, 2.45) is 0 Å². The molecule has 0 saturated carbocycles. The molecule has 1 amide bonds. The topological polar surface area (TPSA) is 116 Å². The molecule has 0 radical (unpaired) electrons. The summed E-state index contributed by atoms with van der Waals surface area (Å²) in [6.45, 7) is -0.306. The van der Waals surface area contributed by atoms with Crippen LogP contribution in [-0.2, 0) is 25.9 Å². The van der Waals surface area contributed by atoms with E-state index in [1.54, 1.807) is 37.4 Å². The van der Waals surface area contributed by atoms with Gasteiger partial charge in [-0.3, -0.25) is 9.59 Å². The van der Waals surface area contributed by atoms with Crippen LogP contribution < -0.4 is 10.1 Å². The fraction of sp³-hybridized carbons (Fsp3) is 0.125. The molecule has 3 aromatic rings. The van der Waals surface area contributed by atoms with E-state index in [1.807, 2.05) is 0 Å². The van der Waals surface area contributed by atoms with Crippen molar-refractivity contribution in [3.63, 3.8) is 0 Å². The second kappa shape index (κ2) is 8.87. The zero-order chi connectivity index (χ0) is 23.6. The number of amides is 1. The van der Waals surface area contributed by atoms with E-state index in [9.17, 15) is 22.8 Å². The minimum absolute atomic E-state index is 0.0116. The summed E-state index contributed by atoms with van der Waals surface area (Å²) in [5.41, 5.74) is 0.837. The van der Waals surface area contributed by atoms with Crippen molar-refractivity contribution < 1.29 is 32.3 Å². The van der Waals surface area contributed by atoms with Gasteiger partial charge >= 0.3 is 5.97 Å². The molecule has 4 rings (SSSR count). The fourth-order valence-electron chi connectivity index (χ4n) is 3.42. The van der Waals surface area contributed by atoms with E-state index >= 15 is 0 Å². The van der Waals surface area contributed by atoms with Gasteiger partial charge in [0.2, 0.25) is 9.84 Å². The molecule has 1 N–H and O–H groups in total. The number of ketones is 1. The summed E-state index contributed by atoms with van der Waals surface area (Å²) in [7, 11) is -2.43. The van der Waals surface area contributed by atoms with Gasteiger partial charge in [-0.15, -0.1) is 0 Å². The zero-order valence-corrected chi connectivity index (χ0v) is 18.3. The quantitative estimate of drug-likeness (QED) is 0.435. The van der Waals surface area contributed by atoms with Gasteiger partial charge in [0.05, 0.1) is 22.5 Å². The first-order valence-electron chi connectivity index (χ1n) is 9.91. The van der Waals surface area contributed by atoms with Gasteiger partial charge in [0.25, 0.3) is 5.91 Å². The maximum atomic E-state index is 13.0. The normalized spacial score (nSPS) is 13.4. The first kappa shape index (κ1) is 22.2. The summed E-state index contributed by atoms with van der Waals surface area (Å²) < 4.78 is 36.0. The largest absolute Gasteiger partial charge is 0.497 e. The smallest absolute Gasteiger partial charge is 0.338 e. The average molecular weight is 465 g/mol. The second-order valence-electron chi connectivity index (χ2n) is 7.24. The highest BCUT2D eigenvalue weighted by Gasteiger charge is 2.35. The Kier molecular flexibility index (Phi) is 5.97. The van der Waals surface area contributed by atoms with Crippen molar-refractivity contribution in [3.8, 4) is 5.75 Å². The number of nitrogens with one attached hydrogen (secondary N) is 1. The molecule has 0 fully saturated rings. The van der Waals surface area contributed by atoms with E-state index in [0.717, 1.165) is 11.6 Å². The van der Waals surface area contributed by atoms with Crippen molar-refractivity contribution in [2.75, 3.05) is 13.7 Å². The van der Waals surface area contributed by atoms with Crippen LogP contribution in [0.1, 0.15) is 31.8 Å². The molecule has 0 unspecified atom stereocenters. The standard InChI is InChI=1S/C24H19NO7S/c1-31-17-9-6-15(7-10-17)13-25-22(26)14-32-24(28)16-8-11-19-21(12-16)33(29,30)20-5-3-2-4-18(20)23(19)27/h2-12H,13-14H2,1H3,(H,25,26). The van der Waals surface area contributed by atoms with Crippen LogP contribution in [0.15, 0.2) is 76.5 Å². The summed E-state index contributed by atoms with van der Waals surface area (Å²) in [6.07, 6.45) is 0. The Hall–Kier alpha value is -3.98. The first-order valence-corrected chi connectivity index (χ1v) is 11.4. The van der Waals surface area contributed by atoms with Gasteiger partial charge in [-0.1, -0.05) is 24.3 Å². The van der Waals surface area contributed by atoms with Gasteiger partial charge in [-0.25, -0.2) is 13.2 Å². The minimum atomic E-state index is -3.98. The number of esters is 1. The minimum Gasteiger partial charge on any atom is -0.497 e. The first-order chi connectivity index (χ1) is 15.8. The molecule has 1 aliphatic rings. The molecule has 8 nitrogen and oxygen atoms in total. The highest BCUT2D eigenvalue weighted by atomic mass is 32.2. The maximum absolute atomic E-state index is 13.0. The molecule has 168 valence electrons. The third-order valence-corrected chi connectivity index (χ3v) is 7.01. The Morgan fingerprint density at radius 2 is 1.61 bits per heavy atom. The third kappa shape index (κ3) is 4.35. The molecule has 0 bridgehead atoms. The van der Waals surface area contributed by atoms with Gasteiger partial charge in [-0.05, 0) is 48.0 Å². The van der Waals surface area contributed by atoms with E-state index < -0.39 is 34.1 Å². The Balaban J connectivity index is 1.43. The molecule has 0 aliphatic carbocycles. The number of ether oxygens (including phenoxy) is 2. The lowest BCUT2D eigenvalue weighted by Crippen LogP contribution is -2.28. The lowest BCUT2D eigenvalue weighted by molar-refractivity contribution is -0.124. The number of methoxy groups -OCH3 is 1. The summed E-state index contributed by atoms with van der Waals surface area (Å²) in [4.78, 5) is 36.8. The van der Waals surface area contributed by atoms with Gasteiger partial charge in [-0.2, -0.15) is 0 Å². The van der Waals surface area contributed by atoms with Crippen LogP contribution in [0.25, 0.3) is 0 Å². The SMILES string of the molecule is COc1ccc(CNC(=O)COC(=O)c2ccc3c(c2)S(=O)(=O)c2ccccc2C3=O)cc1. The van der Waals surface area contributed by atoms with Crippen LogP contribution in [0.3, 0.4) is 0 Å². The molecule has 0 spiro atoms. The predicted molar refractivity (Wildman–Crippen MR) is 117 cm³/mol. The summed E-state index contributed by atoms with van der Waals surface area (Å²) >= 11 is 0. The number of hydrogen-bond donors (Lipinski definition) is 1. The van der Waals surface area contributed by atoms with Crippen LogP contribution in [0.5, 0.6) is 5.75 Å². The number of hydrogen-bond acceptors (Lipinski definition) is 7. The van der Waals surface area contributed by atoms with Crippen LogP contribution >= 0.6 is 0 Å². The zero-order valence-electron chi connectivity index (χ0n) is 17.5. The fourth-order valence-corrected chi connectivity index (χ4v) is 5.10. The van der Waals surface area contributed by atoms with Crippen molar-refractivity contribution in [2.45, 2.75) is 16.3 Å². The highest BCUT2D eigenvalue weighted by Crippen LogP contribution is 2.34. The summed E-state index contributed by atoms with van der Waals surface area (Å²) in [5, 5.41) is 2.63. The van der Waals surface area contributed by atoms with E-state index in [1.165, 1.54) is 30.3 Å². The Morgan fingerprint density at radius 3 is 2.33 bits per heavy atom. The molecule has 33 heavy (non-hydrogen) atoms. The molecule has 1 heterocycles. The summed E-state index contributed by atoms with van der Waals surface area (Å²) in [6, 6.07) is 16.7. The average Bonchev–Trinajstić information content (AvgIpc) is 2.84. The van der Waals surface area contributed by atoms with E-state index in [0.29, 0.717) is 5.75 Å². The van der Waals surface area contributed by atoms with Crippen molar-refractivity contribution in [1.82, 2.24) is 5.32 Å². The highest BCUT2D eigenvalue weighted by molar-refractivity contribution is 7.91. The van der Waals surface area contributed by atoms with Crippen LogP contribution in [-0.4, -0.2) is 39.8 Å². The van der Waals surface area contributed by atoms with E-state index in [4.69, 9.17) is 9.47 Å². The van der Waals surface area contributed by atoms with Crippen molar-refractivity contribution in [3.05, 3.63) is 89.0 Å². The van der Waals surface area contributed by atoms with Gasteiger partial charge in [0, 0.05) is 17.7 Å². The number of carbonyl (C=O) groups excluding carboxylic acids is 3. The summed E-state index contributed by atoms with van der Waals surface area (Å²) in [5.74, 6) is -1.14. The third-order valence-electron chi connectivity index (χ3n) is 5.16. The van der Waals surface area contributed by atoms with Crippen molar-refractivity contribution >= 4 is 27.5 Å². The second-order valence-corrected chi connectivity index (χ2v) is 9.13. The maximum Gasteiger partial charge on any atom is 0.338 e. The number of sulfone groups is 1. The number of benzene rings is 3. The Labute approximate surface area is 190 Å². The molecule has 0 saturated heterocycles. The Bertz CT molecular complexity index is 1360. The molecular formula is C24H19NO7S.